The van der Waals surface area contributed by atoms with Crippen LogP contribution in [0.25, 0.3) is 0 Å². The molecule has 0 aromatic carbocycles. The van der Waals surface area contributed by atoms with E-state index in [9.17, 15) is 69.6 Å². The Morgan fingerprint density at radius 2 is 0.493 bits per heavy atom. The van der Waals surface area contributed by atoms with E-state index in [1.54, 1.807) is 0 Å². The molecule has 6 amide bonds. The van der Waals surface area contributed by atoms with Crippen LogP contribution in [0, 0.1) is 0 Å². The summed E-state index contributed by atoms with van der Waals surface area (Å²) in [6.45, 7) is 8.66. The van der Waals surface area contributed by atoms with Gasteiger partial charge >= 0.3 is 0 Å². The van der Waals surface area contributed by atoms with Gasteiger partial charge in [0.2, 0.25) is 38.5 Å². The molecule has 6 fully saturated rings. The van der Waals surface area contributed by atoms with Crippen LogP contribution in [0.3, 0.4) is 0 Å². The Labute approximate surface area is 417 Å². The minimum atomic E-state index is -1.90. The van der Waals surface area contributed by atoms with Gasteiger partial charge in [-0.25, -0.2) is 0 Å². The van der Waals surface area contributed by atoms with Gasteiger partial charge < -0.3 is 125 Å². The molecule has 73 heavy (non-hydrogen) atoms. The first-order chi connectivity index (χ1) is 34.8. The van der Waals surface area contributed by atoms with Crippen molar-refractivity contribution in [3.05, 3.63) is 0 Å². The van der Waals surface area contributed by atoms with Gasteiger partial charge in [-0.3, -0.25) is 28.8 Å². The molecule has 31 heteroatoms. The topological polar surface area (TPSA) is 438 Å². The molecule has 0 aromatic heterocycles. The highest BCUT2D eigenvalue weighted by Crippen LogP contribution is 2.37. The predicted octanol–water partition coefficient (Wildman–Crippen LogP) is -9.41. The maximum absolute atomic E-state index is 12.1. The van der Waals surface area contributed by atoms with Crippen molar-refractivity contribution < 1.29 is 122 Å². The molecule has 0 saturated carbocycles. The summed E-state index contributed by atoms with van der Waals surface area (Å²) in [6.07, 6.45) is -37.1. The van der Waals surface area contributed by atoms with Gasteiger partial charge in [0, 0.05) is 0 Å². The molecule has 6 aliphatic heterocycles. The summed E-state index contributed by atoms with van der Waals surface area (Å²) >= 11 is 0. The van der Waals surface area contributed by atoms with Crippen molar-refractivity contribution in [3.8, 4) is 0 Å². The van der Waals surface area contributed by atoms with Gasteiger partial charge in [0.25, 0.3) is 0 Å². The van der Waals surface area contributed by atoms with Crippen LogP contribution in [0.4, 0.5) is 0 Å². The van der Waals surface area contributed by atoms with Crippen LogP contribution >= 0.6 is 0 Å². The van der Waals surface area contributed by atoms with Gasteiger partial charge in [-0.15, -0.1) is 0 Å². The molecule has 0 bridgehead atoms. The van der Waals surface area contributed by atoms with E-state index in [0.29, 0.717) is 6.41 Å². The Morgan fingerprint density at radius 3 is 0.767 bits per heavy atom. The van der Waals surface area contributed by atoms with Crippen molar-refractivity contribution in [3.63, 3.8) is 0 Å². The van der Waals surface area contributed by atoms with Crippen molar-refractivity contribution in [1.29, 1.82) is 0 Å². The largest absolute Gasteiger partial charge is 0.388 e. The molecule has 416 valence electrons. The fourth-order valence-electron chi connectivity index (χ4n) is 10.1. The normalized spacial score (nSPS) is 49.2. The zero-order valence-corrected chi connectivity index (χ0v) is 40.3. The third-order valence-corrected chi connectivity index (χ3v) is 14.0. The summed E-state index contributed by atoms with van der Waals surface area (Å²) in [5.41, 5.74) is 0. The molecule has 0 aliphatic carbocycles. The molecule has 14 N–H and O–H groups in total. The SMILES string of the molecule is C[C@H]1O[C@H](O[C@@H]2[C@@H](O[C@@H]3[C@@H](O[C@@H]4[C@@H](O[C@@H]5[C@@H](O[C@@H]6C(O)O[C@H](C)[C@@H](NC=O)[C@@H]6O)O[C@H](C)[C@@H](NC=O)[C@@H]5O)O[C@H](C)[C@@H](NC=O)[C@@H]4O)O[C@H](C)[C@@H](NC=O)[C@@H]3O)O[C@H](C)[C@@H](NC=O)[C@@H]2O)[C@@H](O)[C@@H](O)[C@@H]1NC=O. The smallest absolute Gasteiger partial charge is 0.207 e. The second-order valence-electron chi connectivity index (χ2n) is 18.6. The van der Waals surface area contributed by atoms with Crippen LogP contribution in [0.5, 0.6) is 0 Å². The maximum atomic E-state index is 12.1. The van der Waals surface area contributed by atoms with E-state index in [1.807, 2.05) is 0 Å². The van der Waals surface area contributed by atoms with Crippen LogP contribution < -0.4 is 31.9 Å². The minimum Gasteiger partial charge on any atom is -0.388 e. The highest BCUT2D eigenvalue weighted by atomic mass is 16.8. The monoisotopic (exact) mass is 1060 g/mol. The first-order valence-corrected chi connectivity index (χ1v) is 23.6. The number of rotatable bonds is 22. The van der Waals surface area contributed by atoms with Crippen molar-refractivity contribution in [1.82, 2.24) is 31.9 Å². The molecule has 31 nitrogen and oxygen atoms in total. The van der Waals surface area contributed by atoms with Crippen LogP contribution in [-0.2, 0) is 80.9 Å². The molecule has 0 spiro atoms. The fourth-order valence-corrected chi connectivity index (χ4v) is 10.1. The number of aliphatic hydroxyl groups excluding tert-OH is 8. The Morgan fingerprint density at radius 1 is 0.288 bits per heavy atom. The number of nitrogens with one attached hydrogen (secondary N) is 6. The second-order valence-corrected chi connectivity index (χ2v) is 18.6. The molecule has 0 aromatic rings. The molecule has 6 rings (SSSR count). The van der Waals surface area contributed by atoms with E-state index in [2.05, 4.69) is 31.9 Å². The third-order valence-electron chi connectivity index (χ3n) is 14.0. The molecular formula is C42H68N6O25. The number of hydrogen-bond acceptors (Lipinski definition) is 25. The van der Waals surface area contributed by atoms with E-state index in [0.717, 1.165) is 0 Å². The van der Waals surface area contributed by atoms with Gasteiger partial charge in [0.05, 0.1) is 72.9 Å². The summed E-state index contributed by atoms with van der Waals surface area (Å²) in [6, 6.07) is -7.24. The summed E-state index contributed by atoms with van der Waals surface area (Å²) in [7, 11) is 0. The fraction of sp³-hybridized carbons (Fsp3) is 0.857. The van der Waals surface area contributed by atoms with Crippen molar-refractivity contribution in [2.24, 2.45) is 0 Å². The highest BCUT2D eigenvalue weighted by Gasteiger charge is 2.58. The summed E-state index contributed by atoms with van der Waals surface area (Å²) in [5, 5.41) is 106. The summed E-state index contributed by atoms with van der Waals surface area (Å²) in [4.78, 5) is 69.9. The van der Waals surface area contributed by atoms with Gasteiger partial charge in [0.1, 0.15) is 73.2 Å². The lowest BCUT2D eigenvalue weighted by Crippen LogP contribution is -2.70. The van der Waals surface area contributed by atoms with Crippen LogP contribution in [-0.4, -0.2) is 263 Å². The summed E-state index contributed by atoms with van der Waals surface area (Å²) < 4.78 is 67.0. The first kappa shape index (κ1) is 58.3. The average Bonchev–Trinajstić information content (AvgIpc) is 3.34. The standard InChI is InChI=1S/C42H68N6O25/c1-13-20(44-8-50)26(56)32(37(62)63-13)69-39-34(28(58)22(46-10-52)15(3)65-39)71-41-36(30(60)24(48-12-54)17(5)67-41)73-42-35(29(59)23(47-11-53)18(6)68-42)72-40-33(27(57)21(45-9-51)16(4)66-40)70-38-31(61)25(55)19(43-7-49)14(2)64-38/h7-42,55-62H,1-6H3,(H,43,49)(H,44,50)(H,45,51)(H,46,52)(H,47,53)(H,48,54)/t13-,14-,15-,16-,17-,18-,19-,20-,21-,22-,23-,24-,25+,26+,27+,28+,29+,30+,31+,32+,33+,34+,35+,36+,37?,38-,39-,40-,41-,42-/m1/s1. The van der Waals surface area contributed by atoms with E-state index in [4.69, 9.17) is 52.1 Å². The Bertz CT molecular complexity index is 1820. The molecule has 6 aliphatic rings. The van der Waals surface area contributed by atoms with Crippen LogP contribution in [0.2, 0.25) is 0 Å². The van der Waals surface area contributed by atoms with Gasteiger partial charge in [-0.05, 0) is 41.5 Å². The highest BCUT2D eigenvalue weighted by molar-refractivity contribution is 5.49. The number of carbonyl (C=O) groups is 6. The quantitative estimate of drug-likeness (QED) is 0.0448. The molecule has 0 radical (unpaired) electrons. The Balaban J connectivity index is 1.35. The van der Waals surface area contributed by atoms with Crippen molar-refractivity contribution in [2.45, 2.75) is 225 Å². The van der Waals surface area contributed by atoms with Gasteiger partial charge in [-0.1, -0.05) is 0 Å². The zero-order valence-electron chi connectivity index (χ0n) is 40.3. The Hall–Kier alpha value is -3.94. The number of aliphatic hydroxyl groups is 8. The number of amides is 6. The third kappa shape index (κ3) is 12.5. The zero-order chi connectivity index (χ0) is 53.6. The van der Waals surface area contributed by atoms with E-state index >= 15 is 0 Å². The van der Waals surface area contributed by atoms with Crippen molar-refractivity contribution in [2.75, 3.05) is 0 Å². The number of ether oxygens (including phenoxy) is 11. The lowest BCUT2D eigenvalue weighted by Gasteiger charge is -2.51. The summed E-state index contributed by atoms with van der Waals surface area (Å²) in [5.74, 6) is 0. The lowest BCUT2D eigenvalue weighted by atomic mass is 9.93. The lowest BCUT2D eigenvalue weighted by molar-refractivity contribution is -0.400. The van der Waals surface area contributed by atoms with Crippen LogP contribution in [0.1, 0.15) is 41.5 Å². The van der Waals surface area contributed by atoms with E-state index < -0.39 is 184 Å². The minimum absolute atomic E-state index is 0.262. The van der Waals surface area contributed by atoms with Crippen LogP contribution in [0.15, 0.2) is 0 Å². The maximum Gasteiger partial charge on any atom is 0.207 e. The van der Waals surface area contributed by atoms with E-state index in [1.165, 1.54) is 41.5 Å². The number of hydrogen-bond donors (Lipinski definition) is 14. The number of carbonyl (C=O) groups excluding carboxylic acids is 6. The van der Waals surface area contributed by atoms with E-state index in [-0.39, 0.29) is 32.1 Å². The molecular weight excluding hydrogens is 988 g/mol. The Kier molecular flexibility index (Phi) is 20.6. The molecule has 6 saturated heterocycles. The second kappa shape index (κ2) is 25.7. The molecule has 6 heterocycles. The molecule has 1 unspecified atom stereocenters. The average molecular weight is 1060 g/mol. The predicted molar refractivity (Wildman–Crippen MR) is 233 cm³/mol. The first-order valence-electron chi connectivity index (χ1n) is 23.6. The van der Waals surface area contributed by atoms with Crippen molar-refractivity contribution >= 4 is 38.5 Å². The van der Waals surface area contributed by atoms with Gasteiger partial charge in [0.15, 0.2) is 37.7 Å². The van der Waals surface area contributed by atoms with Gasteiger partial charge in [-0.2, -0.15) is 0 Å². The molecule has 30 atom stereocenters.